The Labute approximate surface area is 178 Å². The molecule has 10 heteroatoms. The average molecular weight is 424 g/mol. The number of benzene rings is 1. The van der Waals surface area contributed by atoms with E-state index < -0.39 is 0 Å². The molecule has 10 nitrogen and oxygen atoms in total. The number of fused-ring (bicyclic) bond motifs is 2. The Hall–Kier alpha value is -3.53. The number of anilines is 4. The van der Waals surface area contributed by atoms with E-state index in [0.29, 0.717) is 66.9 Å². The Morgan fingerprint density at radius 3 is 2.90 bits per heavy atom. The van der Waals surface area contributed by atoms with Crippen molar-refractivity contribution in [2.24, 2.45) is 5.92 Å². The fourth-order valence-corrected chi connectivity index (χ4v) is 3.93. The molecule has 0 unspecified atom stereocenters. The maximum atomic E-state index is 12.4. The van der Waals surface area contributed by atoms with Crippen molar-refractivity contribution >= 4 is 34.6 Å². The van der Waals surface area contributed by atoms with Gasteiger partial charge in [-0.2, -0.15) is 9.61 Å². The molecule has 0 atom stereocenters. The van der Waals surface area contributed by atoms with Gasteiger partial charge in [-0.1, -0.05) is 6.07 Å². The molecule has 1 aliphatic heterocycles. The van der Waals surface area contributed by atoms with Gasteiger partial charge in [0, 0.05) is 19.5 Å². The molecule has 1 fully saturated rings. The highest BCUT2D eigenvalue weighted by Gasteiger charge is 2.29. The van der Waals surface area contributed by atoms with E-state index in [1.54, 1.807) is 17.8 Å². The quantitative estimate of drug-likeness (QED) is 0.476. The molecule has 3 heterocycles. The van der Waals surface area contributed by atoms with Gasteiger partial charge in [-0.3, -0.25) is 4.79 Å². The molecule has 0 saturated heterocycles. The van der Waals surface area contributed by atoms with Crippen molar-refractivity contribution in [1.29, 1.82) is 0 Å². The van der Waals surface area contributed by atoms with Gasteiger partial charge in [0.05, 0.1) is 18.0 Å². The maximum absolute atomic E-state index is 12.4. The Morgan fingerprint density at radius 1 is 1.26 bits per heavy atom. The summed E-state index contributed by atoms with van der Waals surface area (Å²) in [5, 5.41) is 23.1. The first-order valence-corrected chi connectivity index (χ1v) is 10.3. The molecule has 31 heavy (non-hydrogen) atoms. The third kappa shape index (κ3) is 3.81. The van der Waals surface area contributed by atoms with Crippen LogP contribution in [-0.2, 0) is 4.79 Å². The van der Waals surface area contributed by atoms with E-state index in [1.807, 2.05) is 24.3 Å². The van der Waals surface area contributed by atoms with Crippen LogP contribution in [0.25, 0.3) is 5.65 Å². The predicted octanol–water partition coefficient (Wildman–Crippen LogP) is 2.39. The summed E-state index contributed by atoms with van der Waals surface area (Å²) in [4.78, 5) is 17.1. The summed E-state index contributed by atoms with van der Waals surface area (Å²) in [5.74, 6) is 2.72. The van der Waals surface area contributed by atoms with Crippen LogP contribution in [0.4, 0.5) is 23.0 Å². The number of amides is 1. The largest absolute Gasteiger partial charge is 0.486 e. The van der Waals surface area contributed by atoms with Crippen molar-refractivity contribution in [1.82, 2.24) is 14.6 Å². The standard InChI is InChI=1S/C21H24N6O4/c1-22-18-10-17(24-14-3-2-4-16-20(14)31-6-5-30-16)26-21-15(11-23-27(18)21)25-19(29)9-12-7-13(28)8-12/h2-4,10-13,22,28H,5-9H2,1H3,(H,24,26)(H,25,29). The summed E-state index contributed by atoms with van der Waals surface area (Å²) >= 11 is 0. The molecule has 2 aliphatic rings. The van der Waals surface area contributed by atoms with Crippen LogP contribution in [0.2, 0.25) is 0 Å². The molecule has 3 aromatic rings. The number of hydrogen-bond donors (Lipinski definition) is 4. The number of ether oxygens (including phenoxy) is 2. The molecule has 162 valence electrons. The summed E-state index contributed by atoms with van der Waals surface area (Å²) in [6.45, 7) is 1.00. The summed E-state index contributed by atoms with van der Waals surface area (Å²) in [5.41, 5.74) is 1.78. The molecular formula is C21H24N6O4. The Morgan fingerprint density at radius 2 is 2.10 bits per heavy atom. The number of rotatable bonds is 6. The second-order valence-corrected chi connectivity index (χ2v) is 7.77. The van der Waals surface area contributed by atoms with Crippen molar-refractivity contribution in [3.05, 3.63) is 30.5 Å². The lowest BCUT2D eigenvalue weighted by molar-refractivity contribution is -0.118. The van der Waals surface area contributed by atoms with E-state index in [1.165, 1.54) is 0 Å². The number of aliphatic hydroxyl groups is 1. The number of carbonyl (C=O) groups excluding carboxylic acids is 1. The van der Waals surface area contributed by atoms with E-state index >= 15 is 0 Å². The van der Waals surface area contributed by atoms with Crippen LogP contribution < -0.4 is 25.4 Å². The summed E-state index contributed by atoms with van der Waals surface area (Å²) in [7, 11) is 1.79. The Bertz CT molecular complexity index is 1120. The first-order valence-electron chi connectivity index (χ1n) is 10.3. The average Bonchev–Trinajstić information content (AvgIpc) is 3.15. The topological polar surface area (TPSA) is 122 Å². The van der Waals surface area contributed by atoms with Gasteiger partial charge in [-0.05, 0) is 30.9 Å². The number of nitrogens with zero attached hydrogens (tertiary/aromatic N) is 3. The summed E-state index contributed by atoms with van der Waals surface area (Å²) < 4.78 is 13.0. The number of aromatic nitrogens is 3. The fraction of sp³-hybridized carbons (Fsp3) is 0.381. The van der Waals surface area contributed by atoms with Crippen molar-refractivity contribution < 1.29 is 19.4 Å². The van der Waals surface area contributed by atoms with Crippen molar-refractivity contribution in [2.75, 3.05) is 36.2 Å². The number of para-hydroxylation sites is 1. The molecule has 1 saturated carbocycles. The predicted molar refractivity (Wildman–Crippen MR) is 115 cm³/mol. The lowest BCUT2D eigenvalue weighted by Gasteiger charge is -2.30. The van der Waals surface area contributed by atoms with E-state index in [-0.39, 0.29) is 17.9 Å². The van der Waals surface area contributed by atoms with Gasteiger partial charge >= 0.3 is 0 Å². The number of nitrogens with one attached hydrogen (secondary N) is 3. The minimum atomic E-state index is -0.277. The van der Waals surface area contributed by atoms with Crippen LogP contribution in [-0.4, -0.2) is 52.0 Å². The van der Waals surface area contributed by atoms with Crippen molar-refractivity contribution in [3.8, 4) is 11.5 Å². The van der Waals surface area contributed by atoms with E-state index in [4.69, 9.17) is 9.47 Å². The SMILES string of the molecule is CNc1cc(Nc2cccc3c2OCCO3)nc2c(NC(=O)CC3CC(O)C3)cnn12. The molecule has 1 amide bonds. The minimum Gasteiger partial charge on any atom is -0.486 e. The highest BCUT2D eigenvalue weighted by Crippen LogP contribution is 2.39. The first kappa shape index (κ1) is 19.4. The number of carbonyl (C=O) groups is 1. The Balaban J connectivity index is 1.42. The highest BCUT2D eigenvalue weighted by atomic mass is 16.6. The third-order valence-corrected chi connectivity index (χ3v) is 5.52. The molecule has 2 aromatic heterocycles. The second kappa shape index (κ2) is 7.95. The van der Waals surface area contributed by atoms with Crippen LogP contribution in [0.15, 0.2) is 30.5 Å². The van der Waals surface area contributed by atoms with Gasteiger partial charge in [0.25, 0.3) is 0 Å². The molecule has 5 rings (SSSR count). The normalized spacial score (nSPS) is 19.5. The second-order valence-electron chi connectivity index (χ2n) is 7.77. The fourth-order valence-electron chi connectivity index (χ4n) is 3.93. The number of aliphatic hydroxyl groups excluding tert-OH is 1. The lowest BCUT2D eigenvalue weighted by atomic mass is 9.80. The third-order valence-electron chi connectivity index (χ3n) is 5.52. The van der Waals surface area contributed by atoms with E-state index in [9.17, 15) is 9.90 Å². The van der Waals surface area contributed by atoms with E-state index in [0.717, 1.165) is 5.69 Å². The molecule has 4 N–H and O–H groups in total. The molecule has 1 aliphatic carbocycles. The highest BCUT2D eigenvalue weighted by molar-refractivity contribution is 5.94. The number of hydrogen-bond acceptors (Lipinski definition) is 8. The smallest absolute Gasteiger partial charge is 0.224 e. The van der Waals surface area contributed by atoms with Gasteiger partial charge < -0.3 is 30.5 Å². The lowest BCUT2D eigenvalue weighted by Crippen LogP contribution is -2.31. The Kier molecular flexibility index (Phi) is 4.99. The summed E-state index contributed by atoms with van der Waals surface area (Å²) in [6.07, 6.45) is 3.03. The first-order chi connectivity index (χ1) is 15.1. The van der Waals surface area contributed by atoms with Crippen LogP contribution >= 0.6 is 0 Å². The zero-order valence-corrected chi connectivity index (χ0v) is 17.1. The van der Waals surface area contributed by atoms with Gasteiger partial charge in [0.2, 0.25) is 5.91 Å². The minimum absolute atomic E-state index is 0.111. The van der Waals surface area contributed by atoms with Gasteiger partial charge in [-0.15, -0.1) is 0 Å². The van der Waals surface area contributed by atoms with Crippen LogP contribution in [0.3, 0.4) is 0 Å². The molecule has 0 spiro atoms. The van der Waals surface area contributed by atoms with Crippen molar-refractivity contribution in [2.45, 2.75) is 25.4 Å². The molecule has 0 radical (unpaired) electrons. The zero-order chi connectivity index (χ0) is 21.4. The van der Waals surface area contributed by atoms with Crippen LogP contribution in [0, 0.1) is 5.92 Å². The maximum Gasteiger partial charge on any atom is 0.224 e. The van der Waals surface area contributed by atoms with E-state index in [2.05, 4.69) is 26.0 Å². The van der Waals surface area contributed by atoms with Gasteiger partial charge in [-0.25, -0.2) is 4.98 Å². The van der Waals surface area contributed by atoms with Gasteiger partial charge in [0.15, 0.2) is 17.1 Å². The monoisotopic (exact) mass is 424 g/mol. The van der Waals surface area contributed by atoms with Crippen molar-refractivity contribution in [3.63, 3.8) is 0 Å². The van der Waals surface area contributed by atoms with Crippen LogP contribution in [0.5, 0.6) is 11.5 Å². The van der Waals surface area contributed by atoms with Crippen LogP contribution in [0.1, 0.15) is 19.3 Å². The molecule has 1 aromatic carbocycles. The molecular weight excluding hydrogens is 400 g/mol. The summed E-state index contributed by atoms with van der Waals surface area (Å²) in [6, 6.07) is 7.46. The van der Waals surface area contributed by atoms with Gasteiger partial charge in [0.1, 0.15) is 30.5 Å². The zero-order valence-electron chi connectivity index (χ0n) is 17.1. The molecule has 0 bridgehead atoms.